The van der Waals surface area contributed by atoms with Crippen molar-refractivity contribution in [1.82, 2.24) is 4.90 Å². The Bertz CT molecular complexity index is 636. The van der Waals surface area contributed by atoms with Gasteiger partial charge in [0.1, 0.15) is 0 Å². The van der Waals surface area contributed by atoms with Gasteiger partial charge in [-0.2, -0.15) is 0 Å². The molecule has 108 valence electrons. The van der Waals surface area contributed by atoms with Gasteiger partial charge >= 0.3 is 6.03 Å². The minimum Gasteiger partial charge on any atom is -0.299 e. The quantitative estimate of drug-likeness (QED) is 0.786. The maximum Gasteiger partial charge on any atom is 0.338 e. The van der Waals surface area contributed by atoms with E-state index in [-0.39, 0.29) is 6.04 Å². The highest BCUT2D eigenvalue weighted by Gasteiger charge is 2.52. The summed E-state index contributed by atoms with van der Waals surface area (Å²) >= 11 is 0. The van der Waals surface area contributed by atoms with Crippen LogP contribution in [0.5, 0.6) is 0 Å². The highest BCUT2D eigenvalue weighted by Crippen LogP contribution is 2.34. The van der Waals surface area contributed by atoms with Gasteiger partial charge in [0.25, 0.3) is 11.8 Å². The minimum atomic E-state index is -1.41. The number of benzene rings is 1. The molecular weight excluding hydrogens is 272 g/mol. The third kappa shape index (κ3) is 2.12. The lowest BCUT2D eigenvalue weighted by Crippen LogP contribution is -2.62. The Hall–Kier alpha value is -2.50. The third-order valence-corrected chi connectivity index (χ3v) is 3.68. The average Bonchev–Trinajstić information content (AvgIpc) is 3.24. The van der Waals surface area contributed by atoms with Crippen LogP contribution in [-0.4, -0.2) is 34.6 Å². The zero-order valence-corrected chi connectivity index (χ0v) is 11.5. The predicted molar refractivity (Wildman–Crippen MR) is 73.4 cm³/mol. The molecule has 0 spiro atoms. The number of Topliss-reactive ketones (excluding diaryl/α,β-unsaturated/α-hetero) is 1. The Kier molecular flexibility index (Phi) is 3.08. The van der Waals surface area contributed by atoms with E-state index in [2.05, 4.69) is 0 Å². The number of urea groups is 1. The van der Waals surface area contributed by atoms with E-state index in [1.54, 1.807) is 30.3 Å². The predicted octanol–water partition coefficient (Wildman–Crippen LogP) is 1.35. The maximum absolute atomic E-state index is 12.5. The van der Waals surface area contributed by atoms with Gasteiger partial charge in [-0.25, -0.2) is 9.69 Å². The number of barbiturate groups is 1. The topological polar surface area (TPSA) is 74.8 Å². The summed E-state index contributed by atoms with van der Waals surface area (Å²) in [7, 11) is 0. The first-order valence-electron chi connectivity index (χ1n) is 6.79. The van der Waals surface area contributed by atoms with E-state index in [4.69, 9.17) is 0 Å². The summed E-state index contributed by atoms with van der Waals surface area (Å²) in [6.45, 7) is 1.20. The van der Waals surface area contributed by atoms with Crippen molar-refractivity contribution in [1.29, 1.82) is 0 Å². The number of rotatable bonds is 3. The van der Waals surface area contributed by atoms with Gasteiger partial charge in [0, 0.05) is 6.04 Å². The molecule has 3 rings (SSSR count). The lowest BCUT2D eigenvalue weighted by molar-refractivity contribution is -0.145. The normalized spacial score (nSPS) is 22.7. The molecule has 6 nitrogen and oxygen atoms in total. The maximum atomic E-state index is 12.5. The first-order chi connectivity index (χ1) is 10.0. The van der Waals surface area contributed by atoms with E-state index < -0.39 is 29.5 Å². The standard InChI is InChI=1S/C15H14N2O4/c1-9(18)12-13(19)16(10-5-3-2-4-6-10)15(21)17(14(12)20)11-7-8-11/h2-6,11-12H,7-8H2,1H3. The van der Waals surface area contributed by atoms with Gasteiger partial charge < -0.3 is 0 Å². The lowest BCUT2D eigenvalue weighted by Gasteiger charge is -2.36. The Balaban J connectivity index is 2.06. The summed E-state index contributed by atoms with van der Waals surface area (Å²) in [5, 5.41) is 0. The van der Waals surface area contributed by atoms with Crippen LogP contribution in [0.3, 0.4) is 0 Å². The summed E-state index contributed by atoms with van der Waals surface area (Å²) < 4.78 is 0. The molecule has 0 radical (unpaired) electrons. The number of hydrogen-bond acceptors (Lipinski definition) is 4. The van der Waals surface area contributed by atoms with Crippen molar-refractivity contribution in [2.45, 2.75) is 25.8 Å². The molecule has 4 amide bonds. The zero-order chi connectivity index (χ0) is 15.1. The minimum absolute atomic E-state index is 0.189. The number of carbonyl (C=O) groups excluding carboxylic acids is 4. The summed E-state index contributed by atoms with van der Waals surface area (Å²) in [4.78, 5) is 50.9. The fourth-order valence-corrected chi connectivity index (χ4v) is 2.50. The van der Waals surface area contributed by atoms with Crippen molar-refractivity contribution in [3.05, 3.63) is 30.3 Å². The van der Waals surface area contributed by atoms with Crippen molar-refractivity contribution >= 4 is 29.3 Å². The van der Waals surface area contributed by atoms with E-state index in [1.165, 1.54) is 6.92 Å². The second kappa shape index (κ2) is 4.80. The number of ketones is 1. The van der Waals surface area contributed by atoms with Crippen LogP contribution in [0.25, 0.3) is 0 Å². The number of anilines is 1. The SMILES string of the molecule is CC(=O)C1C(=O)N(c2ccccc2)C(=O)N(C2CC2)C1=O. The smallest absolute Gasteiger partial charge is 0.299 e. The second-order valence-corrected chi connectivity index (χ2v) is 5.27. The highest BCUT2D eigenvalue weighted by atomic mass is 16.2. The average molecular weight is 286 g/mol. The molecule has 1 heterocycles. The van der Waals surface area contributed by atoms with Crippen molar-refractivity contribution in [3.63, 3.8) is 0 Å². The van der Waals surface area contributed by atoms with E-state index >= 15 is 0 Å². The van der Waals surface area contributed by atoms with Crippen LogP contribution in [0.2, 0.25) is 0 Å². The molecule has 1 aliphatic carbocycles. The van der Waals surface area contributed by atoms with E-state index in [0.29, 0.717) is 5.69 Å². The van der Waals surface area contributed by atoms with Gasteiger partial charge in [-0.1, -0.05) is 18.2 Å². The van der Waals surface area contributed by atoms with Crippen LogP contribution in [0.4, 0.5) is 10.5 Å². The molecule has 1 saturated heterocycles. The number of hydrogen-bond donors (Lipinski definition) is 0. The summed E-state index contributed by atoms with van der Waals surface area (Å²) in [5.74, 6) is -3.40. The van der Waals surface area contributed by atoms with Gasteiger partial charge in [0.15, 0.2) is 11.7 Å². The van der Waals surface area contributed by atoms with Gasteiger partial charge in [-0.05, 0) is 31.9 Å². The summed E-state index contributed by atoms with van der Waals surface area (Å²) in [6, 6.07) is 7.51. The Morgan fingerprint density at radius 2 is 1.67 bits per heavy atom. The first kappa shape index (κ1) is 13.5. The van der Waals surface area contributed by atoms with Crippen LogP contribution in [0, 0.1) is 5.92 Å². The van der Waals surface area contributed by atoms with Crippen LogP contribution in [0.1, 0.15) is 19.8 Å². The molecule has 0 N–H and O–H groups in total. The molecule has 21 heavy (non-hydrogen) atoms. The number of imide groups is 2. The van der Waals surface area contributed by atoms with Crippen LogP contribution < -0.4 is 4.90 Å². The molecule has 1 unspecified atom stereocenters. The van der Waals surface area contributed by atoms with E-state index in [1.807, 2.05) is 0 Å². The highest BCUT2D eigenvalue weighted by molar-refractivity contribution is 6.34. The fraction of sp³-hybridized carbons (Fsp3) is 0.333. The van der Waals surface area contributed by atoms with Crippen molar-refractivity contribution < 1.29 is 19.2 Å². The molecule has 6 heteroatoms. The van der Waals surface area contributed by atoms with Crippen molar-refractivity contribution in [2.75, 3.05) is 4.90 Å². The van der Waals surface area contributed by atoms with E-state index in [0.717, 1.165) is 22.6 Å². The molecule has 0 aromatic heterocycles. The molecule has 1 aromatic rings. The zero-order valence-electron chi connectivity index (χ0n) is 11.5. The molecule has 1 atom stereocenters. The van der Waals surface area contributed by atoms with Gasteiger partial charge in [-0.15, -0.1) is 0 Å². The number of amides is 4. The van der Waals surface area contributed by atoms with Crippen LogP contribution in [-0.2, 0) is 14.4 Å². The molecule has 1 aliphatic heterocycles. The van der Waals surface area contributed by atoms with Gasteiger partial charge in [-0.3, -0.25) is 19.3 Å². The number of para-hydroxylation sites is 1. The Labute approximate surface area is 121 Å². The number of carbonyl (C=O) groups is 4. The van der Waals surface area contributed by atoms with Crippen molar-refractivity contribution in [2.24, 2.45) is 5.92 Å². The molecule has 1 saturated carbocycles. The molecule has 2 fully saturated rings. The second-order valence-electron chi connectivity index (χ2n) is 5.27. The fourth-order valence-electron chi connectivity index (χ4n) is 2.50. The number of nitrogens with zero attached hydrogens (tertiary/aromatic N) is 2. The van der Waals surface area contributed by atoms with Gasteiger partial charge in [0.2, 0.25) is 0 Å². The van der Waals surface area contributed by atoms with E-state index in [9.17, 15) is 19.2 Å². The molecule has 0 bridgehead atoms. The Morgan fingerprint density at radius 1 is 1.05 bits per heavy atom. The molecule has 1 aromatic carbocycles. The van der Waals surface area contributed by atoms with Crippen LogP contribution >= 0.6 is 0 Å². The van der Waals surface area contributed by atoms with Gasteiger partial charge in [0.05, 0.1) is 5.69 Å². The third-order valence-electron chi connectivity index (χ3n) is 3.68. The molecular formula is C15H14N2O4. The molecule has 2 aliphatic rings. The largest absolute Gasteiger partial charge is 0.338 e. The summed E-state index contributed by atoms with van der Waals surface area (Å²) in [5.41, 5.74) is 0.372. The first-order valence-corrected chi connectivity index (χ1v) is 6.79. The van der Waals surface area contributed by atoms with Crippen molar-refractivity contribution in [3.8, 4) is 0 Å². The van der Waals surface area contributed by atoms with Crippen LogP contribution in [0.15, 0.2) is 30.3 Å². The Morgan fingerprint density at radius 3 is 2.19 bits per heavy atom. The summed E-state index contributed by atoms with van der Waals surface area (Å²) in [6.07, 6.45) is 1.44. The monoisotopic (exact) mass is 286 g/mol. The lowest BCUT2D eigenvalue weighted by atomic mass is 9.98.